The van der Waals surface area contributed by atoms with Gasteiger partial charge in [-0.05, 0) is 18.6 Å². The van der Waals surface area contributed by atoms with Crippen molar-refractivity contribution in [3.63, 3.8) is 0 Å². The van der Waals surface area contributed by atoms with Gasteiger partial charge < -0.3 is 4.90 Å². The Bertz CT molecular complexity index is 511. The number of hydrogen-bond acceptors (Lipinski definition) is 4. The molecule has 0 N–H and O–H groups in total. The average molecular weight is 309 g/mol. The lowest BCUT2D eigenvalue weighted by molar-refractivity contribution is -0.142. The minimum atomic E-state index is -4.62. The zero-order chi connectivity index (χ0) is 14.9. The Labute approximate surface area is 118 Å². The van der Waals surface area contributed by atoms with Crippen molar-refractivity contribution in [3.05, 3.63) is 22.7 Å². The van der Waals surface area contributed by atoms with Gasteiger partial charge in [-0.15, -0.1) is 0 Å². The van der Waals surface area contributed by atoms with Gasteiger partial charge in [-0.1, -0.05) is 0 Å². The van der Waals surface area contributed by atoms with Crippen LogP contribution in [0.3, 0.4) is 0 Å². The minimum Gasteiger partial charge on any atom is -0.342 e. The van der Waals surface area contributed by atoms with Crippen molar-refractivity contribution in [2.45, 2.75) is 12.2 Å². The first kappa shape index (κ1) is 15.0. The van der Waals surface area contributed by atoms with Crippen LogP contribution >= 0.6 is 11.6 Å². The molecule has 9 heteroatoms. The third kappa shape index (κ3) is 3.01. The molecule has 0 aliphatic carbocycles. The Morgan fingerprint density at radius 1 is 1.45 bits per heavy atom. The van der Waals surface area contributed by atoms with Crippen molar-refractivity contribution in [1.82, 2.24) is 19.8 Å². The van der Waals surface area contributed by atoms with Crippen LogP contribution in [0.4, 0.5) is 13.2 Å². The Hall–Kier alpha value is -1.41. The van der Waals surface area contributed by atoms with E-state index in [1.54, 1.807) is 11.9 Å². The summed E-state index contributed by atoms with van der Waals surface area (Å²) >= 11 is 5.45. The highest BCUT2D eigenvalue weighted by molar-refractivity contribution is 6.28. The van der Waals surface area contributed by atoms with Crippen molar-refractivity contribution in [3.8, 4) is 0 Å². The van der Waals surface area contributed by atoms with Gasteiger partial charge in [-0.3, -0.25) is 9.69 Å². The van der Waals surface area contributed by atoms with Crippen molar-refractivity contribution in [2.24, 2.45) is 0 Å². The van der Waals surface area contributed by atoms with Crippen molar-refractivity contribution >= 4 is 18.0 Å². The van der Waals surface area contributed by atoms with Gasteiger partial charge in [-0.2, -0.15) is 13.2 Å². The Morgan fingerprint density at radius 2 is 2.15 bits per heavy atom. The average Bonchev–Trinajstić information content (AvgIpc) is 2.38. The van der Waals surface area contributed by atoms with Crippen LogP contribution in [0.2, 0.25) is 5.28 Å². The highest BCUT2D eigenvalue weighted by Gasteiger charge is 2.39. The summed E-state index contributed by atoms with van der Waals surface area (Å²) in [5.74, 6) is 0. The lowest BCUT2D eigenvalue weighted by Crippen LogP contribution is -2.46. The van der Waals surface area contributed by atoms with Crippen LogP contribution in [-0.4, -0.2) is 52.9 Å². The number of hydrogen-bond donors (Lipinski definition) is 0. The van der Waals surface area contributed by atoms with E-state index in [-0.39, 0.29) is 12.1 Å². The summed E-state index contributed by atoms with van der Waals surface area (Å²) in [6.45, 7) is 1.11. The maximum Gasteiger partial charge on any atom is 0.433 e. The summed E-state index contributed by atoms with van der Waals surface area (Å²) in [4.78, 5) is 20.9. The predicted molar refractivity (Wildman–Crippen MR) is 65.1 cm³/mol. The summed E-state index contributed by atoms with van der Waals surface area (Å²) in [7, 11) is 1.70. The van der Waals surface area contributed by atoms with Crippen LogP contribution in [0.25, 0.3) is 0 Å². The molecule has 1 amide bonds. The number of aromatic nitrogens is 2. The lowest BCUT2D eigenvalue weighted by atomic mass is 10.0. The fraction of sp³-hybridized carbons (Fsp3) is 0.545. The van der Waals surface area contributed by atoms with E-state index in [1.165, 1.54) is 4.90 Å². The van der Waals surface area contributed by atoms with Crippen LogP contribution in [-0.2, 0) is 11.0 Å². The van der Waals surface area contributed by atoms with Gasteiger partial charge in [0.25, 0.3) is 0 Å². The number of piperazine rings is 1. The lowest BCUT2D eigenvalue weighted by Gasteiger charge is -2.38. The first-order valence-electron chi connectivity index (χ1n) is 5.82. The number of rotatable bonds is 2. The molecule has 1 atom stereocenters. The van der Waals surface area contributed by atoms with Gasteiger partial charge in [0.2, 0.25) is 11.7 Å². The summed E-state index contributed by atoms with van der Waals surface area (Å²) in [5, 5.41) is -0.452. The third-order valence-corrected chi connectivity index (χ3v) is 3.43. The van der Waals surface area contributed by atoms with E-state index in [0.717, 1.165) is 6.20 Å². The molecule has 1 saturated heterocycles. The van der Waals surface area contributed by atoms with Gasteiger partial charge in [-0.25, -0.2) is 9.97 Å². The smallest absolute Gasteiger partial charge is 0.342 e. The zero-order valence-corrected chi connectivity index (χ0v) is 11.3. The van der Waals surface area contributed by atoms with E-state index in [0.29, 0.717) is 19.5 Å². The van der Waals surface area contributed by atoms with Crippen LogP contribution in [0, 0.1) is 0 Å². The molecule has 0 radical (unpaired) electrons. The second-order valence-electron chi connectivity index (χ2n) is 4.54. The van der Waals surface area contributed by atoms with E-state index >= 15 is 0 Å². The van der Waals surface area contributed by atoms with Crippen LogP contribution in [0.15, 0.2) is 6.20 Å². The van der Waals surface area contributed by atoms with Crippen molar-refractivity contribution in [1.29, 1.82) is 0 Å². The van der Waals surface area contributed by atoms with Crippen molar-refractivity contribution in [2.75, 3.05) is 26.7 Å². The number of carbonyl (C=O) groups is 1. The summed E-state index contributed by atoms with van der Waals surface area (Å²) in [5.41, 5.74) is -1.13. The third-order valence-electron chi connectivity index (χ3n) is 3.24. The Balaban J connectivity index is 2.43. The predicted octanol–water partition coefficient (Wildman–Crippen LogP) is 1.59. The van der Waals surface area contributed by atoms with Gasteiger partial charge >= 0.3 is 6.18 Å². The van der Waals surface area contributed by atoms with Gasteiger partial charge in [0, 0.05) is 31.4 Å². The largest absolute Gasteiger partial charge is 0.433 e. The number of alkyl halides is 3. The molecule has 2 rings (SSSR count). The minimum absolute atomic E-state index is 0.0732. The van der Waals surface area contributed by atoms with Crippen molar-refractivity contribution < 1.29 is 18.0 Å². The van der Waals surface area contributed by atoms with Gasteiger partial charge in [0.05, 0.1) is 6.04 Å². The molecule has 1 aliphatic rings. The van der Waals surface area contributed by atoms with Gasteiger partial charge in [0.1, 0.15) is 0 Å². The Morgan fingerprint density at radius 3 is 2.75 bits per heavy atom. The monoisotopic (exact) mass is 308 g/mol. The molecule has 0 bridgehead atoms. The van der Waals surface area contributed by atoms with E-state index in [9.17, 15) is 18.0 Å². The van der Waals surface area contributed by atoms with Crippen LogP contribution < -0.4 is 0 Å². The molecule has 1 aromatic heterocycles. The van der Waals surface area contributed by atoms with E-state index in [2.05, 4.69) is 9.97 Å². The number of likely N-dealkylation sites (N-methyl/N-ethyl adjacent to an activating group) is 1. The fourth-order valence-corrected chi connectivity index (χ4v) is 2.30. The molecule has 110 valence electrons. The highest BCUT2D eigenvalue weighted by atomic mass is 35.5. The molecule has 1 aliphatic heterocycles. The van der Waals surface area contributed by atoms with Crippen LogP contribution in [0.1, 0.15) is 17.3 Å². The number of nitrogens with zero attached hydrogens (tertiary/aromatic N) is 4. The number of amides is 1. The van der Waals surface area contributed by atoms with E-state index < -0.39 is 23.2 Å². The molecule has 0 saturated carbocycles. The molecule has 2 heterocycles. The topological polar surface area (TPSA) is 49.3 Å². The SMILES string of the molecule is CN1CCN(C=O)CC1c1cnc(Cl)nc1C(F)(F)F. The standard InChI is InChI=1S/C11H12ClF3N4O/c1-18-2-3-19(6-20)5-8(18)7-4-16-10(12)17-9(7)11(13,14)15/h4,6,8H,2-3,5H2,1H3. The summed E-state index contributed by atoms with van der Waals surface area (Å²) in [6.07, 6.45) is -2.91. The molecular formula is C11H12ClF3N4O. The molecule has 0 aromatic carbocycles. The number of halogens is 4. The first-order valence-corrected chi connectivity index (χ1v) is 6.20. The van der Waals surface area contributed by atoms with Gasteiger partial charge in [0.15, 0.2) is 5.69 Å². The summed E-state index contributed by atoms with van der Waals surface area (Å²) < 4.78 is 39.1. The quantitative estimate of drug-likeness (QED) is 0.615. The van der Waals surface area contributed by atoms with E-state index in [1.807, 2.05) is 0 Å². The maximum atomic E-state index is 13.0. The molecule has 20 heavy (non-hydrogen) atoms. The second-order valence-corrected chi connectivity index (χ2v) is 4.88. The molecule has 1 aromatic rings. The Kier molecular flexibility index (Phi) is 4.14. The molecule has 1 fully saturated rings. The normalized spacial score (nSPS) is 21.1. The second kappa shape index (κ2) is 5.53. The molecule has 1 unspecified atom stereocenters. The van der Waals surface area contributed by atoms with Crippen LogP contribution in [0.5, 0.6) is 0 Å². The van der Waals surface area contributed by atoms with E-state index in [4.69, 9.17) is 11.6 Å². The maximum absolute atomic E-state index is 13.0. The number of carbonyl (C=O) groups excluding carboxylic acids is 1. The first-order chi connectivity index (χ1) is 9.32. The highest BCUT2D eigenvalue weighted by Crippen LogP contribution is 2.35. The molecule has 5 nitrogen and oxygen atoms in total. The zero-order valence-electron chi connectivity index (χ0n) is 10.6. The summed E-state index contributed by atoms with van der Waals surface area (Å²) in [6, 6.07) is -0.608. The fourth-order valence-electron chi connectivity index (χ4n) is 2.17. The molecular weight excluding hydrogens is 297 g/mol. The molecule has 0 spiro atoms.